The fourth-order valence-corrected chi connectivity index (χ4v) is 2.98. The van der Waals surface area contributed by atoms with E-state index in [-0.39, 0.29) is 0 Å². The molecule has 0 heterocycles. The Labute approximate surface area is 93.8 Å². The van der Waals surface area contributed by atoms with Gasteiger partial charge in [-0.25, -0.2) is 0 Å². The van der Waals surface area contributed by atoms with Crippen LogP contribution in [0.25, 0.3) is 0 Å². The maximum atomic E-state index is 5.34. The summed E-state index contributed by atoms with van der Waals surface area (Å²) in [5.41, 5.74) is 0.540. The number of hydrogen-bond acceptors (Lipinski definition) is 2. The van der Waals surface area contributed by atoms with Crippen LogP contribution in [0.2, 0.25) is 0 Å². The van der Waals surface area contributed by atoms with Crippen molar-refractivity contribution in [1.29, 1.82) is 0 Å². The van der Waals surface area contributed by atoms with Crippen molar-refractivity contribution in [3.05, 3.63) is 0 Å². The highest BCUT2D eigenvalue weighted by Crippen LogP contribution is 2.44. The molecule has 0 aliphatic heterocycles. The van der Waals surface area contributed by atoms with Crippen molar-refractivity contribution >= 4 is 0 Å². The smallest absolute Gasteiger partial charge is 0.0493 e. The predicted octanol–water partition coefficient (Wildman–Crippen LogP) is 2.58. The van der Waals surface area contributed by atoms with Crippen LogP contribution < -0.4 is 5.32 Å². The highest BCUT2D eigenvalue weighted by Gasteiger charge is 2.39. The molecule has 0 bridgehead atoms. The molecular weight excluding hydrogens is 186 g/mol. The Morgan fingerprint density at radius 2 is 2.00 bits per heavy atom. The van der Waals surface area contributed by atoms with Crippen molar-refractivity contribution in [3.8, 4) is 0 Å². The van der Waals surface area contributed by atoms with E-state index >= 15 is 0 Å². The number of methoxy groups -OCH3 is 1. The first-order valence-electron chi connectivity index (χ1n) is 6.49. The minimum atomic E-state index is 0.540. The summed E-state index contributed by atoms with van der Waals surface area (Å²) < 4.78 is 5.34. The van der Waals surface area contributed by atoms with Crippen LogP contribution in [-0.2, 0) is 4.74 Å². The highest BCUT2D eigenvalue weighted by molar-refractivity contribution is 4.93. The molecule has 1 N–H and O–H groups in total. The van der Waals surface area contributed by atoms with Gasteiger partial charge in [0.1, 0.15) is 0 Å². The van der Waals surface area contributed by atoms with Gasteiger partial charge in [-0.05, 0) is 37.0 Å². The summed E-state index contributed by atoms with van der Waals surface area (Å²) in [5, 5.41) is 3.72. The van der Waals surface area contributed by atoms with E-state index in [0.717, 1.165) is 12.6 Å². The summed E-state index contributed by atoms with van der Waals surface area (Å²) in [4.78, 5) is 0. The van der Waals surface area contributed by atoms with E-state index in [0.29, 0.717) is 11.3 Å². The summed E-state index contributed by atoms with van der Waals surface area (Å²) in [5.74, 6) is 0.705. The Hall–Kier alpha value is -0.0800. The maximum Gasteiger partial charge on any atom is 0.0493 e. The highest BCUT2D eigenvalue weighted by atomic mass is 16.5. The summed E-state index contributed by atoms with van der Waals surface area (Å²) in [6.45, 7) is 4.51. The third-order valence-electron chi connectivity index (χ3n) is 4.38. The van der Waals surface area contributed by atoms with Gasteiger partial charge in [0, 0.05) is 26.3 Å². The van der Waals surface area contributed by atoms with E-state index in [1.165, 1.54) is 45.1 Å². The van der Waals surface area contributed by atoms with Crippen molar-refractivity contribution in [3.63, 3.8) is 0 Å². The average molecular weight is 211 g/mol. The molecule has 0 aromatic heterocycles. The van der Waals surface area contributed by atoms with Crippen LogP contribution in [0.4, 0.5) is 0 Å². The number of hydrogen-bond donors (Lipinski definition) is 1. The zero-order valence-electron chi connectivity index (χ0n) is 10.2. The van der Waals surface area contributed by atoms with Crippen molar-refractivity contribution in [1.82, 2.24) is 5.32 Å². The lowest BCUT2D eigenvalue weighted by Gasteiger charge is -2.35. The van der Waals surface area contributed by atoms with Gasteiger partial charge in [0.05, 0.1) is 0 Å². The molecule has 0 spiro atoms. The Morgan fingerprint density at radius 3 is 2.53 bits per heavy atom. The second kappa shape index (κ2) is 4.84. The molecule has 1 unspecified atom stereocenters. The average Bonchev–Trinajstić information content (AvgIpc) is 2.94. The predicted molar refractivity (Wildman–Crippen MR) is 63.0 cm³/mol. The third-order valence-corrected chi connectivity index (χ3v) is 4.38. The Bertz CT molecular complexity index is 195. The van der Waals surface area contributed by atoms with E-state index in [1.807, 2.05) is 7.11 Å². The van der Waals surface area contributed by atoms with E-state index in [4.69, 9.17) is 4.74 Å². The van der Waals surface area contributed by atoms with Gasteiger partial charge >= 0.3 is 0 Å². The number of ether oxygens (including phenoxy) is 1. The number of nitrogens with one attached hydrogen (secondary N) is 1. The molecule has 0 aromatic carbocycles. The zero-order valence-corrected chi connectivity index (χ0v) is 10.2. The molecule has 2 saturated carbocycles. The first-order valence-corrected chi connectivity index (χ1v) is 6.49. The molecule has 2 nitrogen and oxygen atoms in total. The minimum absolute atomic E-state index is 0.540. The molecule has 15 heavy (non-hydrogen) atoms. The first kappa shape index (κ1) is 11.4. The molecule has 1 atom stereocenters. The first-order chi connectivity index (χ1) is 7.27. The lowest BCUT2D eigenvalue weighted by atomic mass is 9.75. The quantitative estimate of drug-likeness (QED) is 0.729. The largest absolute Gasteiger partial charge is 0.384 e. The molecule has 0 amide bonds. The van der Waals surface area contributed by atoms with Crippen molar-refractivity contribution < 1.29 is 4.74 Å². The van der Waals surface area contributed by atoms with E-state index in [9.17, 15) is 0 Å². The molecule has 0 saturated heterocycles. The van der Waals surface area contributed by atoms with Crippen LogP contribution in [0.15, 0.2) is 0 Å². The van der Waals surface area contributed by atoms with E-state index in [2.05, 4.69) is 12.2 Å². The second-order valence-electron chi connectivity index (χ2n) is 5.58. The maximum absolute atomic E-state index is 5.34. The fourth-order valence-electron chi connectivity index (χ4n) is 2.98. The van der Waals surface area contributed by atoms with Crippen LogP contribution in [0.3, 0.4) is 0 Å². The summed E-state index contributed by atoms with van der Waals surface area (Å²) in [6.07, 6.45) is 8.43. The summed E-state index contributed by atoms with van der Waals surface area (Å²) in [6, 6.07) is 0.845. The van der Waals surface area contributed by atoms with Gasteiger partial charge in [-0.2, -0.15) is 0 Å². The van der Waals surface area contributed by atoms with Crippen molar-refractivity contribution in [2.24, 2.45) is 11.3 Å². The normalized spacial score (nSPS) is 26.8. The molecule has 88 valence electrons. The SMILES string of the molecule is COCC(C)C1(CNC2CC2)CCCC1. The molecular formula is C13H25NO. The molecule has 2 aliphatic carbocycles. The van der Waals surface area contributed by atoms with Gasteiger partial charge in [0.15, 0.2) is 0 Å². The van der Waals surface area contributed by atoms with Crippen molar-refractivity contribution in [2.75, 3.05) is 20.3 Å². The summed E-state index contributed by atoms with van der Waals surface area (Å²) in [7, 11) is 1.83. The van der Waals surface area contributed by atoms with E-state index in [1.54, 1.807) is 0 Å². The van der Waals surface area contributed by atoms with Gasteiger partial charge in [0.25, 0.3) is 0 Å². The second-order valence-corrected chi connectivity index (χ2v) is 5.58. The Balaban J connectivity index is 1.88. The topological polar surface area (TPSA) is 21.3 Å². The van der Waals surface area contributed by atoms with E-state index < -0.39 is 0 Å². The van der Waals surface area contributed by atoms with Gasteiger partial charge in [-0.15, -0.1) is 0 Å². The van der Waals surface area contributed by atoms with Crippen LogP contribution in [0.1, 0.15) is 45.4 Å². The summed E-state index contributed by atoms with van der Waals surface area (Å²) >= 11 is 0. The van der Waals surface area contributed by atoms with Gasteiger partial charge in [-0.1, -0.05) is 19.8 Å². The standard InChI is InChI=1S/C13H25NO/c1-11(9-15-2)13(7-3-4-8-13)10-14-12-5-6-12/h11-12,14H,3-10H2,1-2H3. The van der Waals surface area contributed by atoms with Gasteiger partial charge in [0.2, 0.25) is 0 Å². The molecule has 2 rings (SSSR count). The molecule has 0 aromatic rings. The Kier molecular flexibility index (Phi) is 3.68. The van der Waals surface area contributed by atoms with Crippen LogP contribution >= 0.6 is 0 Å². The molecule has 0 radical (unpaired) electrons. The zero-order chi connectivity index (χ0) is 10.7. The van der Waals surface area contributed by atoms with Gasteiger partial charge < -0.3 is 10.1 Å². The van der Waals surface area contributed by atoms with Crippen LogP contribution in [0, 0.1) is 11.3 Å². The van der Waals surface area contributed by atoms with Crippen LogP contribution in [-0.4, -0.2) is 26.3 Å². The minimum Gasteiger partial charge on any atom is -0.384 e. The molecule has 2 aliphatic rings. The third kappa shape index (κ3) is 2.73. The van der Waals surface area contributed by atoms with Crippen molar-refractivity contribution in [2.45, 2.75) is 51.5 Å². The fraction of sp³-hybridized carbons (Fsp3) is 1.00. The lowest BCUT2D eigenvalue weighted by Crippen LogP contribution is -2.39. The Morgan fingerprint density at radius 1 is 1.33 bits per heavy atom. The lowest BCUT2D eigenvalue weighted by molar-refractivity contribution is 0.0720. The monoisotopic (exact) mass is 211 g/mol. The number of rotatable bonds is 6. The van der Waals surface area contributed by atoms with Gasteiger partial charge in [-0.3, -0.25) is 0 Å². The molecule has 2 fully saturated rings. The van der Waals surface area contributed by atoms with Crippen LogP contribution in [0.5, 0.6) is 0 Å². The molecule has 2 heteroatoms.